The molecule has 1 fully saturated rings. The lowest BCUT2D eigenvalue weighted by atomic mass is 9.93. The van der Waals surface area contributed by atoms with Crippen molar-refractivity contribution in [3.8, 4) is 5.75 Å². The third-order valence-corrected chi connectivity index (χ3v) is 4.99. The molecule has 0 radical (unpaired) electrons. The average molecular weight is 394 g/mol. The number of carbonyl (C=O) groups excluding carboxylic acids is 1. The minimum Gasteiger partial charge on any atom is -0.494 e. The smallest absolute Gasteiger partial charge is 0.409 e. The highest BCUT2D eigenvalue weighted by atomic mass is 19.4. The number of alkyl halides is 3. The molecule has 2 aromatic carbocycles. The summed E-state index contributed by atoms with van der Waals surface area (Å²) in [6, 6.07) is 8.17. The lowest BCUT2D eigenvalue weighted by Crippen LogP contribution is -2.51. The SMILES string of the molecule is CCCCOc1cc([C@H](N2NC(=O)CC2(C)C)C(F)(F)F)c2ccccc2c1. The van der Waals surface area contributed by atoms with E-state index in [9.17, 15) is 18.0 Å². The molecule has 1 aliphatic rings. The monoisotopic (exact) mass is 394 g/mol. The van der Waals surface area contributed by atoms with Gasteiger partial charge in [-0.05, 0) is 48.7 Å². The number of hydrazine groups is 1. The molecule has 0 spiro atoms. The van der Waals surface area contributed by atoms with Crippen LogP contribution in [0.1, 0.15) is 51.6 Å². The number of benzene rings is 2. The Morgan fingerprint density at radius 1 is 1.25 bits per heavy atom. The van der Waals surface area contributed by atoms with Crippen LogP contribution < -0.4 is 10.2 Å². The van der Waals surface area contributed by atoms with Gasteiger partial charge in [0.15, 0.2) is 6.04 Å². The third-order valence-electron chi connectivity index (χ3n) is 4.99. The second kappa shape index (κ2) is 7.62. The normalized spacial score (nSPS) is 18.3. The highest BCUT2D eigenvalue weighted by Crippen LogP contribution is 2.45. The van der Waals surface area contributed by atoms with Crippen molar-refractivity contribution in [2.45, 2.75) is 57.8 Å². The maximum atomic E-state index is 14.3. The van der Waals surface area contributed by atoms with Crippen molar-refractivity contribution < 1.29 is 22.7 Å². The predicted octanol–water partition coefficient (Wildman–Crippen LogP) is 5.14. The van der Waals surface area contributed by atoms with Crippen LogP contribution >= 0.6 is 0 Å². The highest BCUT2D eigenvalue weighted by Gasteiger charge is 2.53. The van der Waals surface area contributed by atoms with Crippen LogP contribution in [-0.2, 0) is 4.79 Å². The molecular formula is C21H25F3N2O2. The number of carbonyl (C=O) groups is 1. The number of nitrogens with one attached hydrogen (secondary N) is 1. The topological polar surface area (TPSA) is 41.6 Å². The van der Waals surface area contributed by atoms with Crippen LogP contribution in [0.25, 0.3) is 10.8 Å². The Kier molecular flexibility index (Phi) is 5.57. The van der Waals surface area contributed by atoms with Crippen molar-refractivity contribution in [3.05, 3.63) is 42.0 Å². The molecule has 1 N–H and O–H groups in total. The van der Waals surface area contributed by atoms with E-state index in [-0.39, 0.29) is 12.0 Å². The Bertz CT molecular complexity index is 864. The van der Waals surface area contributed by atoms with Gasteiger partial charge in [-0.2, -0.15) is 18.2 Å². The van der Waals surface area contributed by atoms with Crippen LogP contribution in [0.3, 0.4) is 0 Å². The van der Waals surface area contributed by atoms with Gasteiger partial charge in [-0.1, -0.05) is 37.6 Å². The van der Waals surface area contributed by atoms with Crippen molar-refractivity contribution in [2.75, 3.05) is 6.61 Å². The predicted molar refractivity (Wildman–Crippen MR) is 102 cm³/mol. The number of nitrogens with zero attached hydrogens (tertiary/aromatic N) is 1. The van der Waals surface area contributed by atoms with E-state index in [1.165, 1.54) is 6.07 Å². The van der Waals surface area contributed by atoms with Crippen LogP contribution in [0.5, 0.6) is 5.75 Å². The second-order valence-corrected chi connectivity index (χ2v) is 7.77. The molecule has 0 aliphatic carbocycles. The Labute approximate surface area is 162 Å². The largest absolute Gasteiger partial charge is 0.494 e. The highest BCUT2D eigenvalue weighted by molar-refractivity contribution is 5.88. The van der Waals surface area contributed by atoms with Gasteiger partial charge in [0.05, 0.1) is 6.61 Å². The van der Waals surface area contributed by atoms with E-state index in [1.54, 1.807) is 44.2 Å². The van der Waals surface area contributed by atoms with Gasteiger partial charge in [0.2, 0.25) is 5.91 Å². The summed E-state index contributed by atoms with van der Waals surface area (Å²) in [6.45, 7) is 5.73. The summed E-state index contributed by atoms with van der Waals surface area (Å²) in [6.07, 6.45) is -2.83. The summed E-state index contributed by atoms with van der Waals surface area (Å²) in [5, 5.41) is 2.20. The zero-order chi connectivity index (χ0) is 20.5. The molecule has 4 nitrogen and oxygen atoms in total. The fourth-order valence-corrected chi connectivity index (χ4v) is 3.63. The number of hydrogen-bond acceptors (Lipinski definition) is 3. The van der Waals surface area contributed by atoms with Gasteiger partial charge >= 0.3 is 6.18 Å². The van der Waals surface area contributed by atoms with Gasteiger partial charge < -0.3 is 4.74 Å². The minimum absolute atomic E-state index is 0.00417. The standard InChI is InChI=1S/C21H25F3N2O2/c1-4-5-10-28-15-11-14-8-6-7-9-16(14)17(12-15)19(21(22,23)24)26-20(2,3)13-18(27)25-26/h6-9,11-12,19H,4-5,10,13H2,1-3H3,(H,25,27)/t19-/m0/s1. The molecule has 1 saturated heterocycles. The van der Waals surface area contributed by atoms with E-state index < -0.39 is 23.7 Å². The molecule has 0 aromatic heterocycles. The molecule has 28 heavy (non-hydrogen) atoms. The summed E-state index contributed by atoms with van der Waals surface area (Å²) in [4.78, 5) is 11.9. The number of unbranched alkanes of at least 4 members (excludes halogenated alkanes) is 1. The maximum Gasteiger partial charge on any atom is 0.409 e. The molecule has 1 atom stereocenters. The summed E-state index contributed by atoms with van der Waals surface area (Å²) < 4.78 is 48.5. The molecule has 2 aromatic rings. The van der Waals surface area contributed by atoms with Gasteiger partial charge in [0.25, 0.3) is 0 Å². The van der Waals surface area contributed by atoms with Crippen molar-refractivity contribution in [1.82, 2.24) is 10.4 Å². The molecule has 0 bridgehead atoms. The first-order valence-electron chi connectivity index (χ1n) is 9.44. The second-order valence-electron chi connectivity index (χ2n) is 7.77. The van der Waals surface area contributed by atoms with Crippen molar-refractivity contribution in [3.63, 3.8) is 0 Å². The van der Waals surface area contributed by atoms with Crippen LogP contribution in [0, 0.1) is 0 Å². The van der Waals surface area contributed by atoms with Crippen molar-refractivity contribution in [2.24, 2.45) is 0 Å². The zero-order valence-corrected chi connectivity index (χ0v) is 16.3. The Hall–Kier alpha value is -2.28. The molecule has 0 saturated carbocycles. The summed E-state index contributed by atoms with van der Waals surface area (Å²) in [5.41, 5.74) is 1.52. The zero-order valence-electron chi connectivity index (χ0n) is 16.3. The number of amides is 1. The number of halogens is 3. The first-order valence-corrected chi connectivity index (χ1v) is 9.44. The summed E-state index contributed by atoms with van der Waals surface area (Å²) >= 11 is 0. The number of rotatable bonds is 6. The molecule has 3 rings (SSSR count). The van der Waals surface area contributed by atoms with Gasteiger partial charge in [0.1, 0.15) is 5.75 Å². The first-order chi connectivity index (χ1) is 13.1. The fraction of sp³-hybridized carbons (Fsp3) is 0.476. The van der Waals surface area contributed by atoms with E-state index in [1.807, 2.05) is 6.92 Å². The lowest BCUT2D eigenvalue weighted by Gasteiger charge is -2.38. The fourth-order valence-electron chi connectivity index (χ4n) is 3.63. The van der Waals surface area contributed by atoms with Gasteiger partial charge in [-0.3, -0.25) is 10.2 Å². The van der Waals surface area contributed by atoms with E-state index in [0.29, 0.717) is 23.1 Å². The third kappa shape index (κ3) is 4.09. The number of hydrogen-bond donors (Lipinski definition) is 1. The number of fused-ring (bicyclic) bond motifs is 1. The van der Waals surface area contributed by atoms with Crippen molar-refractivity contribution in [1.29, 1.82) is 0 Å². The molecular weight excluding hydrogens is 369 g/mol. The Morgan fingerprint density at radius 2 is 1.96 bits per heavy atom. The first kappa shape index (κ1) is 20.5. The molecule has 152 valence electrons. The van der Waals surface area contributed by atoms with E-state index in [0.717, 1.165) is 17.9 Å². The molecule has 1 heterocycles. The molecule has 1 amide bonds. The van der Waals surface area contributed by atoms with Gasteiger partial charge in [0, 0.05) is 12.0 Å². The van der Waals surface area contributed by atoms with Gasteiger partial charge in [-0.25, -0.2) is 0 Å². The Balaban J connectivity index is 2.15. The van der Waals surface area contributed by atoms with E-state index in [4.69, 9.17) is 4.74 Å². The van der Waals surface area contributed by atoms with Crippen molar-refractivity contribution >= 4 is 16.7 Å². The maximum absolute atomic E-state index is 14.3. The average Bonchev–Trinajstić information content (AvgIpc) is 2.86. The van der Waals surface area contributed by atoms with E-state index >= 15 is 0 Å². The minimum atomic E-state index is -4.58. The van der Waals surface area contributed by atoms with Crippen LogP contribution in [-0.4, -0.2) is 29.2 Å². The quantitative estimate of drug-likeness (QED) is 0.690. The lowest BCUT2D eigenvalue weighted by molar-refractivity contribution is -0.203. The molecule has 7 heteroatoms. The van der Waals surface area contributed by atoms with Crippen LogP contribution in [0.15, 0.2) is 36.4 Å². The molecule has 1 aliphatic heterocycles. The van der Waals surface area contributed by atoms with Crippen LogP contribution in [0.2, 0.25) is 0 Å². The molecule has 0 unspecified atom stereocenters. The van der Waals surface area contributed by atoms with Gasteiger partial charge in [-0.15, -0.1) is 0 Å². The summed E-state index contributed by atoms with van der Waals surface area (Å²) in [5.74, 6) is -0.0152. The summed E-state index contributed by atoms with van der Waals surface area (Å²) in [7, 11) is 0. The Morgan fingerprint density at radius 3 is 2.57 bits per heavy atom. The van der Waals surface area contributed by atoms with E-state index in [2.05, 4.69) is 5.43 Å². The van der Waals surface area contributed by atoms with Crippen LogP contribution in [0.4, 0.5) is 13.2 Å². The number of ether oxygens (including phenoxy) is 1.